The third-order valence-corrected chi connectivity index (χ3v) is 5.11. The summed E-state index contributed by atoms with van der Waals surface area (Å²) in [5, 5.41) is 14.4. The van der Waals surface area contributed by atoms with Crippen molar-refractivity contribution in [1.29, 1.82) is 0 Å². The Balaban J connectivity index is 1.80. The van der Waals surface area contributed by atoms with Crippen LogP contribution in [0.15, 0.2) is 18.3 Å². The van der Waals surface area contributed by atoms with E-state index in [9.17, 15) is 10.1 Å². The molecule has 2 aliphatic carbocycles. The predicted molar refractivity (Wildman–Crippen MR) is 78.3 cm³/mol. The predicted octanol–water partition coefficient (Wildman–Crippen LogP) is 2.68. The van der Waals surface area contributed by atoms with E-state index in [-0.39, 0.29) is 17.3 Å². The molecule has 1 heterocycles. The smallest absolute Gasteiger partial charge is 0.406 e. The van der Waals surface area contributed by atoms with Crippen molar-refractivity contribution in [3.63, 3.8) is 0 Å². The highest BCUT2D eigenvalue weighted by molar-refractivity contribution is 5.39. The molecule has 114 valence electrons. The van der Waals surface area contributed by atoms with Gasteiger partial charge in [-0.05, 0) is 41.9 Å². The van der Waals surface area contributed by atoms with Crippen molar-refractivity contribution in [2.75, 3.05) is 7.05 Å². The van der Waals surface area contributed by atoms with E-state index in [2.05, 4.69) is 10.3 Å². The maximum absolute atomic E-state index is 11.0. The standard InChI is InChI=1S/C15H21N3O3/c1-16-12-10-13(15(12)7-3-2-4-8-15)21-11-6-5-9-17-14(11)18(19)20/h5-6,9,12-13,16H,2-4,7-8,10H2,1H3. The molecule has 2 unspecified atom stereocenters. The Kier molecular flexibility index (Phi) is 3.80. The van der Waals surface area contributed by atoms with Crippen LogP contribution in [-0.2, 0) is 0 Å². The van der Waals surface area contributed by atoms with Crippen molar-refractivity contribution >= 4 is 5.82 Å². The van der Waals surface area contributed by atoms with E-state index in [1.165, 1.54) is 25.5 Å². The molecule has 3 rings (SSSR count). The van der Waals surface area contributed by atoms with Crippen LogP contribution < -0.4 is 10.1 Å². The van der Waals surface area contributed by atoms with Crippen molar-refractivity contribution in [3.8, 4) is 5.75 Å². The summed E-state index contributed by atoms with van der Waals surface area (Å²) in [5.41, 5.74) is 0.136. The van der Waals surface area contributed by atoms with E-state index in [0.717, 1.165) is 19.3 Å². The maximum atomic E-state index is 11.0. The van der Waals surface area contributed by atoms with Crippen molar-refractivity contribution in [2.45, 2.75) is 50.7 Å². The van der Waals surface area contributed by atoms with E-state index >= 15 is 0 Å². The summed E-state index contributed by atoms with van der Waals surface area (Å²) in [6.45, 7) is 0. The minimum Gasteiger partial charge on any atom is -0.482 e. The Bertz CT molecular complexity index is 529. The van der Waals surface area contributed by atoms with Crippen molar-refractivity contribution in [1.82, 2.24) is 10.3 Å². The van der Waals surface area contributed by atoms with E-state index in [1.54, 1.807) is 12.1 Å². The molecular formula is C15H21N3O3. The molecule has 2 aliphatic rings. The number of ether oxygens (including phenoxy) is 1. The molecule has 0 saturated heterocycles. The molecule has 1 aromatic heterocycles. The van der Waals surface area contributed by atoms with E-state index in [4.69, 9.17) is 4.74 Å². The van der Waals surface area contributed by atoms with Gasteiger partial charge in [0.05, 0.1) is 0 Å². The number of rotatable bonds is 4. The number of nitrogens with zero attached hydrogens (tertiary/aromatic N) is 2. The molecule has 6 heteroatoms. The minimum atomic E-state index is -0.475. The van der Waals surface area contributed by atoms with Gasteiger partial charge >= 0.3 is 5.82 Å². The lowest BCUT2D eigenvalue weighted by Gasteiger charge is -2.57. The molecule has 1 N–H and O–H groups in total. The van der Waals surface area contributed by atoms with Gasteiger partial charge in [0.15, 0.2) is 0 Å². The van der Waals surface area contributed by atoms with Crippen molar-refractivity contribution < 1.29 is 9.66 Å². The monoisotopic (exact) mass is 291 g/mol. The van der Waals surface area contributed by atoms with Crippen LogP contribution in [0.25, 0.3) is 0 Å². The highest BCUT2D eigenvalue weighted by Crippen LogP contribution is 2.53. The molecule has 1 spiro atoms. The number of pyridine rings is 1. The van der Waals surface area contributed by atoms with Crippen LogP contribution in [0.2, 0.25) is 0 Å². The molecule has 0 amide bonds. The second-order valence-electron chi connectivity index (χ2n) is 6.06. The molecule has 2 atom stereocenters. The largest absolute Gasteiger partial charge is 0.482 e. The molecule has 2 fully saturated rings. The summed E-state index contributed by atoms with van der Waals surface area (Å²) in [5.74, 6) is 0.114. The maximum Gasteiger partial charge on any atom is 0.406 e. The molecule has 21 heavy (non-hydrogen) atoms. The average molecular weight is 291 g/mol. The zero-order chi connectivity index (χ0) is 14.9. The first-order valence-corrected chi connectivity index (χ1v) is 7.61. The zero-order valence-corrected chi connectivity index (χ0v) is 12.2. The number of aromatic nitrogens is 1. The third kappa shape index (κ3) is 2.37. The van der Waals surface area contributed by atoms with Crippen LogP contribution in [0.4, 0.5) is 5.82 Å². The molecule has 6 nitrogen and oxygen atoms in total. The van der Waals surface area contributed by atoms with Crippen LogP contribution in [0, 0.1) is 15.5 Å². The quantitative estimate of drug-likeness (QED) is 0.681. The Morgan fingerprint density at radius 2 is 2.19 bits per heavy atom. The third-order valence-electron chi connectivity index (χ3n) is 5.11. The number of nitrogens with one attached hydrogen (secondary N) is 1. The SMILES string of the molecule is CNC1CC(Oc2cccnc2[N+](=O)[O-])C12CCCCC2. The molecule has 0 aliphatic heterocycles. The molecule has 2 saturated carbocycles. The average Bonchev–Trinajstić information content (AvgIpc) is 2.52. The Morgan fingerprint density at radius 3 is 2.86 bits per heavy atom. The van der Waals surface area contributed by atoms with Gasteiger partial charge in [0.25, 0.3) is 0 Å². The lowest BCUT2D eigenvalue weighted by Crippen LogP contribution is -2.64. The lowest BCUT2D eigenvalue weighted by molar-refractivity contribution is -0.391. The van der Waals surface area contributed by atoms with Gasteiger partial charge in [-0.15, -0.1) is 0 Å². The molecule has 0 aromatic carbocycles. The van der Waals surface area contributed by atoms with Crippen LogP contribution in [0.1, 0.15) is 38.5 Å². The van der Waals surface area contributed by atoms with Gasteiger partial charge in [-0.25, -0.2) is 0 Å². The van der Waals surface area contributed by atoms with Crippen LogP contribution in [0.3, 0.4) is 0 Å². The molecular weight excluding hydrogens is 270 g/mol. The first-order valence-electron chi connectivity index (χ1n) is 7.61. The fourth-order valence-electron chi connectivity index (χ4n) is 3.96. The second kappa shape index (κ2) is 5.60. The van der Waals surface area contributed by atoms with Crippen molar-refractivity contribution in [2.24, 2.45) is 5.41 Å². The van der Waals surface area contributed by atoms with Crippen LogP contribution >= 0.6 is 0 Å². The van der Waals surface area contributed by atoms with Gasteiger partial charge in [-0.1, -0.05) is 19.3 Å². The van der Waals surface area contributed by atoms with E-state index in [0.29, 0.717) is 11.8 Å². The Hall–Kier alpha value is -1.69. The highest BCUT2D eigenvalue weighted by atomic mass is 16.6. The lowest BCUT2D eigenvalue weighted by atomic mass is 9.55. The van der Waals surface area contributed by atoms with Gasteiger partial charge in [0.2, 0.25) is 5.75 Å². The fraction of sp³-hybridized carbons (Fsp3) is 0.667. The van der Waals surface area contributed by atoms with Crippen LogP contribution in [0.5, 0.6) is 5.75 Å². The second-order valence-corrected chi connectivity index (χ2v) is 6.06. The summed E-state index contributed by atoms with van der Waals surface area (Å²) < 4.78 is 6.02. The van der Waals surface area contributed by atoms with Gasteiger partial charge in [-0.2, -0.15) is 0 Å². The van der Waals surface area contributed by atoms with Gasteiger partial charge in [0, 0.05) is 17.9 Å². The fourth-order valence-corrected chi connectivity index (χ4v) is 3.96. The number of nitro groups is 1. The van der Waals surface area contributed by atoms with E-state index in [1.807, 2.05) is 7.05 Å². The van der Waals surface area contributed by atoms with E-state index < -0.39 is 4.92 Å². The molecule has 0 bridgehead atoms. The highest BCUT2D eigenvalue weighted by Gasteiger charge is 2.56. The molecule has 1 aromatic rings. The first kappa shape index (κ1) is 14.3. The summed E-state index contributed by atoms with van der Waals surface area (Å²) >= 11 is 0. The minimum absolute atomic E-state index is 0.0538. The summed E-state index contributed by atoms with van der Waals surface area (Å²) in [6.07, 6.45) is 8.37. The van der Waals surface area contributed by atoms with Gasteiger partial charge < -0.3 is 20.2 Å². The number of hydrogen-bond donors (Lipinski definition) is 1. The first-order chi connectivity index (χ1) is 10.2. The van der Waals surface area contributed by atoms with Gasteiger partial charge in [-0.3, -0.25) is 0 Å². The topological polar surface area (TPSA) is 77.3 Å². The normalized spacial score (nSPS) is 27.1. The Labute approximate surface area is 124 Å². The summed E-state index contributed by atoms with van der Waals surface area (Å²) in [6, 6.07) is 3.79. The Morgan fingerprint density at radius 1 is 1.43 bits per heavy atom. The number of hydrogen-bond acceptors (Lipinski definition) is 5. The van der Waals surface area contributed by atoms with Gasteiger partial charge in [0.1, 0.15) is 12.3 Å². The van der Waals surface area contributed by atoms with Crippen molar-refractivity contribution in [3.05, 3.63) is 28.4 Å². The van der Waals surface area contributed by atoms with Crippen LogP contribution in [-0.4, -0.2) is 29.1 Å². The molecule has 0 radical (unpaired) electrons. The summed E-state index contributed by atoms with van der Waals surface area (Å²) in [4.78, 5) is 14.4. The zero-order valence-electron chi connectivity index (χ0n) is 12.2. The summed E-state index contributed by atoms with van der Waals surface area (Å²) in [7, 11) is 1.99.